The minimum absolute atomic E-state index is 0.393. The first-order valence-corrected chi connectivity index (χ1v) is 5.03. The summed E-state index contributed by atoms with van der Waals surface area (Å²) in [7, 11) is 0. The third kappa shape index (κ3) is 2.42. The van der Waals surface area contributed by atoms with Crippen molar-refractivity contribution in [2.45, 2.75) is 25.7 Å². The zero-order valence-electron chi connectivity index (χ0n) is 7.70. The van der Waals surface area contributed by atoms with E-state index in [-0.39, 0.29) is 0 Å². The van der Waals surface area contributed by atoms with E-state index < -0.39 is 0 Å². The molecule has 1 saturated carbocycles. The topological polar surface area (TPSA) is 50.2 Å². The Morgan fingerprint density at radius 3 is 2.64 bits per heavy atom. The molecule has 0 spiro atoms. The van der Waals surface area contributed by atoms with Crippen LogP contribution < -0.4 is 5.43 Å². The number of hydrazone groups is 1. The van der Waals surface area contributed by atoms with E-state index in [1.54, 1.807) is 12.1 Å². The first-order chi connectivity index (χ1) is 6.84. The van der Waals surface area contributed by atoms with Gasteiger partial charge in [0.05, 0.1) is 0 Å². The molecule has 0 aliphatic heterocycles. The molecular weight excluding hydrogens is 200 g/mol. The van der Waals surface area contributed by atoms with E-state index in [1.165, 1.54) is 18.6 Å². The number of halogens is 1. The highest BCUT2D eigenvalue weighted by Crippen LogP contribution is 2.15. The molecule has 2 rings (SSSR count). The van der Waals surface area contributed by atoms with Gasteiger partial charge in [-0.3, -0.25) is 5.43 Å². The highest BCUT2D eigenvalue weighted by Gasteiger charge is 2.07. The summed E-state index contributed by atoms with van der Waals surface area (Å²) in [6, 6.07) is 3.44. The fourth-order valence-corrected chi connectivity index (χ4v) is 1.51. The summed E-state index contributed by atoms with van der Waals surface area (Å²) < 4.78 is 0. The molecule has 0 radical (unpaired) electrons. The number of nitrogens with zero attached hydrogens (tertiary/aromatic N) is 3. The summed E-state index contributed by atoms with van der Waals surface area (Å²) in [6.45, 7) is 0. The van der Waals surface area contributed by atoms with Crippen molar-refractivity contribution < 1.29 is 0 Å². The maximum absolute atomic E-state index is 5.60. The normalized spacial score (nSPS) is 15.6. The third-order valence-corrected chi connectivity index (χ3v) is 2.34. The Morgan fingerprint density at radius 2 is 2.00 bits per heavy atom. The first-order valence-electron chi connectivity index (χ1n) is 4.65. The second-order valence-electron chi connectivity index (χ2n) is 3.24. The summed E-state index contributed by atoms with van der Waals surface area (Å²) >= 11 is 5.60. The Balaban J connectivity index is 1.97. The molecule has 4 nitrogen and oxygen atoms in total. The van der Waals surface area contributed by atoms with Crippen LogP contribution in [0.25, 0.3) is 0 Å². The molecule has 1 heterocycles. The van der Waals surface area contributed by atoms with Gasteiger partial charge in [-0.1, -0.05) is 11.6 Å². The van der Waals surface area contributed by atoms with Gasteiger partial charge in [-0.15, -0.1) is 10.2 Å². The Kier molecular flexibility index (Phi) is 2.93. The van der Waals surface area contributed by atoms with Crippen molar-refractivity contribution in [3.63, 3.8) is 0 Å². The number of rotatable bonds is 2. The molecule has 0 aromatic carbocycles. The zero-order chi connectivity index (χ0) is 9.80. The largest absolute Gasteiger partial charge is 0.260 e. The minimum atomic E-state index is 0.393. The Morgan fingerprint density at radius 1 is 1.21 bits per heavy atom. The molecule has 1 aromatic rings. The zero-order valence-corrected chi connectivity index (χ0v) is 8.46. The van der Waals surface area contributed by atoms with E-state index in [0.717, 1.165) is 12.8 Å². The van der Waals surface area contributed by atoms with E-state index in [1.807, 2.05) is 0 Å². The average Bonchev–Trinajstić information content (AvgIpc) is 2.70. The first kappa shape index (κ1) is 9.40. The van der Waals surface area contributed by atoms with E-state index in [0.29, 0.717) is 11.0 Å². The summed E-state index contributed by atoms with van der Waals surface area (Å²) in [6.07, 6.45) is 4.67. The Labute approximate surface area is 87.4 Å². The van der Waals surface area contributed by atoms with Crippen molar-refractivity contribution in [2.75, 3.05) is 5.43 Å². The average molecular weight is 211 g/mol. The molecule has 1 fully saturated rings. The van der Waals surface area contributed by atoms with Gasteiger partial charge in [0, 0.05) is 5.71 Å². The SMILES string of the molecule is Clc1ccc(NN=C2CCCC2)nn1. The lowest BCUT2D eigenvalue weighted by atomic mass is 10.3. The van der Waals surface area contributed by atoms with Crippen LogP contribution in [0.3, 0.4) is 0 Å². The molecule has 0 unspecified atom stereocenters. The summed E-state index contributed by atoms with van der Waals surface area (Å²) in [5.74, 6) is 0.633. The van der Waals surface area contributed by atoms with Gasteiger partial charge in [0.25, 0.3) is 0 Å². The number of hydrogen-bond donors (Lipinski definition) is 1. The van der Waals surface area contributed by atoms with Crippen LogP contribution in [0.4, 0.5) is 5.82 Å². The molecule has 14 heavy (non-hydrogen) atoms. The number of anilines is 1. The highest BCUT2D eigenvalue weighted by atomic mass is 35.5. The van der Waals surface area contributed by atoms with Crippen LogP contribution in [0.1, 0.15) is 25.7 Å². The lowest BCUT2D eigenvalue weighted by Gasteiger charge is -1.99. The van der Waals surface area contributed by atoms with Crippen LogP contribution in [0.5, 0.6) is 0 Å². The summed E-state index contributed by atoms with van der Waals surface area (Å²) in [4.78, 5) is 0. The molecule has 5 heteroatoms. The van der Waals surface area contributed by atoms with Gasteiger partial charge in [0.2, 0.25) is 0 Å². The molecule has 1 N–H and O–H groups in total. The molecule has 1 aromatic heterocycles. The third-order valence-electron chi connectivity index (χ3n) is 2.14. The summed E-state index contributed by atoms with van der Waals surface area (Å²) in [5, 5.41) is 12.2. The maximum atomic E-state index is 5.60. The van der Waals surface area contributed by atoms with Gasteiger partial charge >= 0.3 is 0 Å². The van der Waals surface area contributed by atoms with Crippen molar-refractivity contribution in [2.24, 2.45) is 5.10 Å². The van der Waals surface area contributed by atoms with E-state index in [4.69, 9.17) is 11.6 Å². The monoisotopic (exact) mass is 210 g/mol. The van der Waals surface area contributed by atoms with Crippen LogP contribution in [-0.4, -0.2) is 15.9 Å². The molecule has 0 atom stereocenters. The van der Waals surface area contributed by atoms with Crippen molar-refractivity contribution in [1.29, 1.82) is 0 Å². The Bertz CT molecular complexity index is 325. The van der Waals surface area contributed by atoms with Gasteiger partial charge in [-0.25, -0.2) is 0 Å². The van der Waals surface area contributed by atoms with Crippen LogP contribution in [0.15, 0.2) is 17.2 Å². The fraction of sp³-hybridized carbons (Fsp3) is 0.444. The van der Waals surface area contributed by atoms with Crippen LogP contribution in [0, 0.1) is 0 Å². The Hall–Kier alpha value is -1.16. The minimum Gasteiger partial charge on any atom is -0.260 e. The molecule has 0 saturated heterocycles. The van der Waals surface area contributed by atoms with Gasteiger partial charge in [-0.05, 0) is 37.8 Å². The lowest BCUT2D eigenvalue weighted by molar-refractivity contribution is 0.886. The van der Waals surface area contributed by atoms with Crippen molar-refractivity contribution in [3.8, 4) is 0 Å². The molecule has 0 amide bonds. The second-order valence-corrected chi connectivity index (χ2v) is 3.63. The number of hydrogen-bond acceptors (Lipinski definition) is 4. The quantitative estimate of drug-likeness (QED) is 0.763. The molecule has 1 aliphatic carbocycles. The second kappa shape index (κ2) is 4.37. The van der Waals surface area contributed by atoms with Gasteiger partial charge in [0.1, 0.15) is 0 Å². The van der Waals surface area contributed by atoms with Gasteiger partial charge < -0.3 is 0 Å². The smallest absolute Gasteiger partial charge is 0.168 e. The van der Waals surface area contributed by atoms with Crippen LogP contribution >= 0.6 is 11.6 Å². The van der Waals surface area contributed by atoms with Gasteiger partial charge in [0.15, 0.2) is 11.0 Å². The van der Waals surface area contributed by atoms with E-state index >= 15 is 0 Å². The number of nitrogens with one attached hydrogen (secondary N) is 1. The van der Waals surface area contributed by atoms with Gasteiger partial charge in [-0.2, -0.15) is 5.10 Å². The number of aromatic nitrogens is 2. The molecular formula is C9H11ClN4. The standard InChI is InChI=1S/C9H11ClN4/c10-8-5-6-9(14-12-8)13-11-7-3-1-2-4-7/h5-6H,1-4H2,(H,13,14). The highest BCUT2D eigenvalue weighted by molar-refractivity contribution is 6.29. The lowest BCUT2D eigenvalue weighted by Crippen LogP contribution is -1.98. The fourth-order valence-electron chi connectivity index (χ4n) is 1.41. The molecule has 0 bridgehead atoms. The molecule has 1 aliphatic rings. The van der Waals surface area contributed by atoms with Crippen molar-refractivity contribution in [1.82, 2.24) is 10.2 Å². The summed E-state index contributed by atoms with van der Waals surface area (Å²) in [5.41, 5.74) is 4.08. The predicted molar refractivity (Wildman–Crippen MR) is 56.6 cm³/mol. The van der Waals surface area contributed by atoms with Crippen LogP contribution in [0.2, 0.25) is 5.15 Å². The van der Waals surface area contributed by atoms with E-state index in [2.05, 4.69) is 20.7 Å². The van der Waals surface area contributed by atoms with Crippen molar-refractivity contribution in [3.05, 3.63) is 17.3 Å². The predicted octanol–water partition coefficient (Wildman–Crippen LogP) is 2.47. The van der Waals surface area contributed by atoms with Crippen LogP contribution in [-0.2, 0) is 0 Å². The van der Waals surface area contributed by atoms with Crippen molar-refractivity contribution >= 4 is 23.1 Å². The van der Waals surface area contributed by atoms with E-state index in [9.17, 15) is 0 Å². The maximum Gasteiger partial charge on any atom is 0.168 e. The molecule has 74 valence electrons.